The van der Waals surface area contributed by atoms with Crippen LogP contribution < -0.4 is 10.1 Å². The average molecular weight is 287 g/mol. The largest absolute Gasteiger partial charge is 0.485 e. The number of ether oxygens (including phenoxy) is 1. The minimum atomic E-state index is -0.0176. The summed E-state index contributed by atoms with van der Waals surface area (Å²) in [6.07, 6.45) is 3.24. The Bertz CT molecular complexity index is 562. The molecule has 21 heavy (non-hydrogen) atoms. The van der Waals surface area contributed by atoms with Crippen molar-refractivity contribution in [3.05, 3.63) is 42.0 Å². The summed E-state index contributed by atoms with van der Waals surface area (Å²) in [7, 11) is 0. The fourth-order valence-corrected chi connectivity index (χ4v) is 2.80. The zero-order valence-corrected chi connectivity index (χ0v) is 12.3. The molecule has 0 spiro atoms. The van der Waals surface area contributed by atoms with Crippen LogP contribution in [0.25, 0.3) is 0 Å². The maximum atomic E-state index is 5.66. The summed E-state index contributed by atoms with van der Waals surface area (Å²) in [6, 6.07) is 9.67. The minimum Gasteiger partial charge on any atom is -0.485 e. The molecular formula is C16H21N3O2. The summed E-state index contributed by atoms with van der Waals surface area (Å²) in [5.74, 6) is 2.16. The third-order valence-corrected chi connectivity index (χ3v) is 4.18. The Balaban J connectivity index is 1.68. The molecule has 2 heterocycles. The van der Waals surface area contributed by atoms with Crippen LogP contribution in [-0.4, -0.2) is 23.2 Å². The highest BCUT2D eigenvalue weighted by Gasteiger charge is 2.37. The van der Waals surface area contributed by atoms with Gasteiger partial charge in [-0.2, -0.15) is 4.98 Å². The monoisotopic (exact) mass is 287 g/mol. The number of nitrogens with zero attached hydrogens (tertiary/aromatic N) is 2. The molecule has 1 aliphatic heterocycles. The fourth-order valence-electron chi connectivity index (χ4n) is 2.80. The number of aromatic nitrogens is 2. The van der Waals surface area contributed by atoms with Gasteiger partial charge >= 0.3 is 0 Å². The number of benzene rings is 1. The van der Waals surface area contributed by atoms with Crippen molar-refractivity contribution in [3.8, 4) is 5.75 Å². The quantitative estimate of drug-likeness (QED) is 0.916. The van der Waals surface area contributed by atoms with Gasteiger partial charge in [-0.3, -0.25) is 0 Å². The van der Waals surface area contributed by atoms with E-state index in [4.69, 9.17) is 9.26 Å². The Morgan fingerprint density at radius 3 is 2.90 bits per heavy atom. The average Bonchev–Trinajstić information content (AvgIpc) is 3.04. The van der Waals surface area contributed by atoms with Gasteiger partial charge in [0.25, 0.3) is 0 Å². The second-order valence-electron chi connectivity index (χ2n) is 5.53. The molecule has 5 nitrogen and oxygen atoms in total. The van der Waals surface area contributed by atoms with E-state index >= 15 is 0 Å². The van der Waals surface area contributed by atoms with Crippen molar-refractivity contribution in [2.24, 2.45) is 0 Å². The first-order chi connectivity index (χ1) is 10.3. The van der Waals surface area contributed by atoms with E-state index in [-0.39, 0.29) is 5.41 Å². The van der Waals surface area contributed by atoms with Crippen molar-refractivity contribution in [1.29, 1.82) is 0 Å². The minimum absolute atomic E-state index is 0.0176. The predicted molar refractivity (Wildman–Crippen MR) is 79.1 cm³/mol. The third kappa shape index (κ3) is 3.08. The summed E-state index contributed by atoms with van der Waals surface area (Å²) in [5.41, 5.74) is -0.0176. The van der Waals surface area contributed by atoms with Gasteiger partial charge in [-0.05, 0) is 37.9 Å². The molecule has 1 saturated heterocycles. The summed E-state index contributed by atoms with van der Waals surface area (Å²) in [5, 5.41) is 7.49. The highest BCUT2D eigenvalue weighted by atomic mass is 16.5. The highest BCUT2D eigenvalue weighted by Crippen LogP contribution is 2.33. The molecular weight excluding hydrogens is 266 g/mol. The molecule has 1 atom stereocenters. The second kappa shape index (κ2) is 6.26. The van der Waals surface area contributed by atoms with Crippen molar-refractivity contribution in [2.75, 3.05) is 13.1 Å². The van der Waals surface area contributed by atoms with Gasteiger partial charge in [0.05, 0.1) is 5.41 Å². The Labute approximate surface area is 124 Å². The van der Waals surface area contributed by atoms with Crippen LogP contribution in [0.3, 0.4) is 0 Å². The van der Waals surface area contributed by atoms with Gasteiger partial charge in [-0.1, -0.05) is 30.3 Å². The second-order valence-corrected chi connectivity index (χ2v) is 5.53. The Kier molecular flexibility index (Phi) is 4.20. The number of para-hydroxylation sites is 1. The van der Waals surface area contributed by atoms with Crippen molar-refractivity contribution >= 4 is 0 Å². The van der Waals surface area contributed by atoms with Gasteiger partial charge in [0, 0.05) is 6.54 Å². The first-order valence-electron chi connectivity index (χ1n) is 7.54. The van der Waals surface area contributed by atoms with E-state index in [1.165, 1.54) is 0 Å². The van der Waals surface area contributed by atoms with Crippen LogP contribution in [0.2, 0.25) is 0 Å². The number of hydrogen-bond donors (Lipinski definition) is 1. The molecule has 1 aliphatic rings. The predicted octanol–water partition coefficient (Wildman–Crippen LogP) is 2.68. The zero-order chi connectivity index (χ0) is 14.5. The number of nitrogens with one attached hydrogen (secondary N) is 1. The van der Waals surface area contributed by atoms with E-state index in [9.17, 15) is 0 Å². The SMILES string of the molecule is CCC1(c2nc(COc3ccccc3)no2)CCCNC1. The normalized spacial score (nSPS) is 22.1. The van der Waals surface area contributed by atoms with Gasteiger partial charge in [-0.15, -0.1) is 0 Å². The molecule has 0 radical (unpaired) electrons. The first-order valence-corrected chi connectivity index (χ1v) is 7.54. The lowest BCUT2D eigenvalue weighted by atomic mass is 9.78. The summed E-state index contributed by atoms with van der Waals surface area (Å²) in [4.78, 5) is 4.55. The fraction of sp³-hybridized carbons (Fsp3) is 0.500. The van der Waals surface area contributed by atoms with Gasteiger partial charge in [0.15, 0.2) is 6.61 Å². The molecule has 1 aromatic heterocycles. The van der Waals surface area contributed by atoms with Crippen LogP contribution in [0.5, 0.6) is 5.75 Å². The number of rotatable bonds is 5. The molecule has 0 saturated carbocycles. The van der Waals surface area contributed by atoms with Crippen LogP contribution in [0.4, 0.5) is 0 Å². The lowest BCUT2D eigenvalue weighted by Gasteiger charge is -2.33. The topological polar surface area (TPSA) is 60.2 Å². The summed E-state index contributed by atoms with van der Waals surface area (Å²) >= 11 is 0. The smallest absolute Gasteiger partial charge is 0.234 e. The molecule has 1 fully saturated rings. The van der Waals surface area contributed by atoms with Gasteiger partial charge in [-0.25, -0.2) is 0 Å². The van der Waals surface area contributed by atoms with Gasteiger partial charge in [0.1, 0.15) is 5.75 Å². The maximum absolute atomic E-state index is 5.66. The molecule has 1 unspecified atom stereocenters. The van der Waals surface area contributed by atoms with Crippen molar-refractivity contribution in [1.82, 2.24) is 15.5 Å². The molecule has 112 valence electrons. The first kappa shape index (κ1) is 14.1. The van der Waals surface area contributed by atoms with E-state index in [0.29, 0.717) is 12.4 Å². The molecule has 0 aliphatic carbocycles. The van der Waals surface area contributed by atoms with Crippen molar-refractivity contribution in [3.63, 3.8) is 0 Å². The van der Waals surface area contributed by atoms with E-state index in [1.54, 1.807) is 0 Å². The summed E-state index contributed by atoms with van der Waals surface area (Å²) in [6.45, 7) is 4.49. The van der Waals surface area contributed by atoms with E-state index in [0.717, 1.165) is 44.0 Å². The van der Waals surface area contributed by atoms with Crippen molar-refractivity contribution in [2.45, 2.75) is 38.2 Å². The van der Waals surface area contributed by atoms with E-state index in [2.05, 4.69) is 22.4 Å². The maximum Gasteiger partial charge on any atom is 0.234 e. The van der Waals surface area contributed by atoms with Crippen LogP contribution in [0.1, 0.15) is 37.9 Å². The molecule has 0 bridgehead atoms. The van der Waals surface area contributed by atoms with Crippen molar-refractivity contribution < 1.29 is 9.26 Å². The highest BCUT2D eigenvalue weighted by molar-refractivity contribution is 5.21. The zero-order valence-electron chi connectivity index (χ0n) is 12.3. The van der Waals surface area contributed by atoms with Crippen LogP contribution in [0, 0.1) is 0 Å². The van der Waals surface area contributed by atoms with Crippen LogP contribution in [-0.2, 0) is 12.0 Å². The standard InChI is InChI=1S/C16H21N3O2/c1-2-16(9-6-10-17-12-16)15-18-14(19-21-15)11-20-13-7-4-3-5-8-13/h3-5,7-8,17H,2,6,9-12H2,1H3. The Morgan fingerprint density at radius 2 is 2.19 bits per heavy atom. The lowest BCUT2D eigenvalue weighted by molar-refractivity contribution is 0.219. The van der Waals surface area contributed by atoms with Gasteiger partial charge < -0.3 is 14.6 Å². The molecule has 1 aromatic carbocycles. The third-order valence-electron chi connectivity index (χ3n) is 4.18. The number of piperidine rings is 1. The molecule has 1 N–H and O–H groups in total. The molecule has 0 amide bonds. The molecule has 5 heteroatoms. The van der Waals surface area contributed by atoms with E-state index in [1.807, 2.05) is 30.3 Å². The lowest BCUT2D eigenvalue weighted by Crippen LogP contribution is -2.43. The van der Waals surface area contributed by atoms with Crippen LogP contribution >= 0.6 is 0 Å². The number of hydrogen-bond acceptors (Lipinski definition) is 5. The molecule has 2 aromatic rings. The van der Waals surface area contributed by atoms with Gasteiger partial charge in [0.2, 0.25) is 11.7 Å². The summed E-state index contributed by atoms with van der Waals surface area (Å²) < 4.78 is 11.2. The Morgan fingerprint density at radius 1 is 1.33 bits per heavy atom. The van der Waals surface area contributed by atoms with Crippen LogP contribution in [0.15, 0.2) is 34.9 Å². The molecule has 3 rings (SSSR count). The Hall–Kier alpha value is -1.88. The van der Waals surface area contributed by atoms with E-state index < -0.39 is 0 Å².